The Morgan fingerprint density at radius 1 is 1.41 bits per heavy atom. The Kier molecular flexibility index (Phi) is 6.52. The van der Waals surface area contributed by atoms with Gasteiger partial charge in [0.1, 0.15) is 0 Å². The Labute approximate surface area is 105 Å². The fourth-order valence-electron chi connectivity index (χ4n) is 2.09. The fourth-order valence-corrected chi connectivity index (χ4v) is 2.09. The van der Waals surface area contributed by atoms with E-state index >= 15 is 0 Å². The lowest BCUT2D eigenvalue weighted by Crippen LogP contribution is -2.49. The summed E-state index contributed by atoms with van der Waals surface area (Å²) in [5, 5.41) is 6.25. The highest BCUT2D eigenvalue weighted by atomic mass is 16.1. The van der Waals surface area contributed by atoms with Crippen molar-refractivity contribution in [3.63, 3.8) is 0 Å². The van der Waals surface area contributed by atoms with Crippen molar-refractivity contribution in [2.45, 2.75) is 27.2 Å². The smallest absolute Gasteiger partial charge is 0.223 e. The Morgan fingerprint density at radius 3 is 2.53 bits per heavy atom. The Morgan fingerprint density at radius 2 is 2.06 bits per heavy atom. The van der Waals surface area contributed by atoms with Gasteiger partial charge in [-0.3, -0.25) is 4.79 Å². The van der Waals surface area contributed by atoms with Crippen LogP contribution < -0.4 is 10.6 Å². The van der Waals surface area contributed by atoms with Gasteiger partial charge in [0.25, 0.3) is 0 Å². The van der Waals surface area contributed by atoms with E-state index in [1.807, 2.05) is 6.92 Å². The van der Waals surface area contributed by atoms with Crippen LogP contribution in [-0.4, -0.2) is 50.1 Å². The van der Waals surface area contributed by atoms with E-state index in [1.165, 1.54) is 0 Å². The summed E-state index contributed by atoms with van der Waals surface area (Å²) < 4.78 is 0. The first kappa shape index (κ1) is 14.5. The van der Waals surface area contributed by atoms with Gasteiger partial charge >= 0.3 is 0 Å². The molecule has 1 unspecified atom stereocenters. The van der Waals surface area contributed by atoms with Gasteiger partial charge in [0, 0.05) is 12.5 Å². The first-order chi connectivity index (χ1) is 8.19. The van der Waals surface area contributed by atoms with Crippen LogP contribution in [0.1, 0.15) is 27.2 Å². The number of hydrogen-bond acceptors (Lipinski definition) is 3. The Balaban J connectivity index is 2.07. The molecule has 1 aliphatic rings. The van der Waals surface area contributed by atoms with Crippen molar-refractivity contribution in [3.05, 3.63) is 0 Å². The average Bonchev–Trinajstić information content (AvgIpc) is 2.26. The summed E-state index contributed by atoms with van der Waals surface area (Å²) in [6.45, 7) is 12.4. The maximum Gasteiger partial charge on any atom is 0.223 e. The number of carbonyl (C=O) groups is 1. The lowest BCUT2D eigenvalue weighted by atomic mass is 9.88. The minimum absolute atomic E-state index is 0.157. The third-order valence-electron chi connectivity index (χ3n) is 3.78. The Hall–Kier alpha value is -0.610. The van der Waals surface area contributed by atoms with Gasteiger partial charge in [-0.05, 0) is 45.1 Å². The highest BCUT2D eigenvalue weighted by Crippen LogP contribution is 2.15. The SMILES string of the molecule is CCN(CC)CCCNC(=O)C(C)C1CNC1. The number of hydrogen-bond donors (Lipinski definition) is 2. The van der Waals surface area contributed by atoms with E-state index in [0.29, 0.717) is 5.92 Å². The molecule has 0 radical (unpaired) electrons. The molecule has 1 fully saturated rings. The predicted molar refractivity (Wildman–Crippen MR) is 70.9 cm³/mol. The third-order valence-corrected chi connectivity index (χ3v) is 3.78. The molecule has 1 heterocycles. The van der Waals surface area contributed by atoms with E-state index < -0.39 is 0 Å². The maximum absolute atomic E-state index is 11.8. The second kappa shape index (κ2) is 7.67. The summed E-state index contributed by atoms with van der Waals surface area (Å²) in [5.74, 6) is 0.915. The molecule has 1 aliphatic heterocycles. The zero-order valence-corrected chi connectivity index (χ0v) is 11.5. The van der Waals surface area contributed by atoms with Gasteiger partial charge in [0.05, 0.1) is 0 Å². The molecule has 0 saturated carbocycles. The van der Waals surface area contributed by atoms with Crippen molar-refractivity contribution >= 4 is 5.91 Å². The largest absolute Gasteiger partial charge is 0.356 e. The summed E-state index contributed by atoms with van der Waals surface area (Å²) in [6.07, 6.45) is 1.04. The van der Waals surface area contributed by atoms with Crippen LogP contribution in [0.25, 0.3) is 0 Å². The molecular formula is C13H27N3O. The number of amides is 1. The van der Waals surface area contributed by atoms with E-state index in [1.54, 1.807) is 0 Å². The highest BCUT2D eigenvalue weighted by Gasteiger charge is 2.28. The van der Waals surface area contributed by atoms with Crippen LogP contribution in [0.2, 0.25) is 0 Å². The van der Waals surface area contributed by atoms with Crippen LogP contribution in [0.15, 0.2) is 0 Å². The first-order valence-electron chi connectivity index (χ1n) is 6.89. The van der Waals surface area contributed by atoms with E-state index in [-0.39, 0.29) is 11.8 Å². The number of rotatable bonds is 8. The third kappa shape index (κ3) is 4.64. The highest BCUT2D eigenvalue weighted by molar-refractivity contribution is 5.78. The van der Waals surface area contributed by atoms with E-state index in [0.717, 1.165) is 45.7 Å². The first-order valence-corrected chi connectivity index (χ1v) is 6.89. The zero-order valence-electron chi connectivity index (χ0n) is 11.5. The van der Waals surface area contributed by atoms with Crippen molar-refractivity contribution in [2.24, 2.45) is 11.8 Å². The minimum atomic E-state index is 0.157. The average molecular weight is 241 g/mol. The standard InChI is InChI=1S/C13H27N3O/c1-4-16(5-2)8-6-7-15-13(17)11(3)12-9-14-10-12/h11-12,14H,4-10H2,1-3H3,(H,15,17). The molecule has 1 saturated heterocycles. The van der Waals surface area contributed by atoms with Crippen LogP contribution >= 0.6 is 0 Å². The molecule has 0 aromatic carbocycles. The summed E-state index contributed by atoms with van der Waals surface area (Å²) in [5.41, 5.74) is 0. The van der Waals surface area contributed by atoms with Crippen molar-refractivity contribution in [2.75, 3.05) is 39.3 Å². The molecule has 100 valence electrons. The maximum atomic E-state index is 11.8. The molecule has 1 rings (SSSR count). The van der Waals surface area contributed by atoms with Crippen molar-refractivity contribution < 1.29 is 4.79 Å². The molecule has 2 N–H and O–H groups in total. The van der Waals surface area contributed by atoms with E-state index in [2.05, 4.69) is 29.4 Å². The molecule has 0 bridgehead atoms. The second-order valence-electron chi connectivity index (χ2n) is 4.88. The monoisotopic (exact) mass is 241 g/mol. The van der Waals surface area contributed by atoms with Crippen LogP contribution in [0.5, 0.6) is 0 Å². The summed E-state index contributed by atoms with van der Waals surface area (Å²) >= 11 is 0. The second-order valence-corrected chi connectivity index (χ2v) is 4.88. The molecule has 1 amide bonds. The predicted octanol–water partition coefficient (Wildman–Crippen LogP) is 0.690. The topological polar surface area (TPSA) is 44.4 Å². The summed E-state index contributed by atoms with van der Waals surface area (Å²) in [7, 11) is 0. The molecule has 0 aromatic rings. The fraction of sp³-hybridized carbons (Fsp3) is 0.923. The van der Waals surface area contributed by atoms with Crippen molar-refractivity contribution in [1.82, 2.24) is 15.5 Å². The van der Waals surface area contributed by atoms with Crippen LogP contribution in [0, 0.1) is 11.8 Å². The molecule has 0 spiro atoms. The van der Waals surface area contributed by atoms with Crippen molar-refractivity contribution in [1.29, 1.82) is 0 Å². The molecule has 4 heteroatoms. The van der Waals surface area contributed by atoms with Gasteiger partial charge in [-0.2, -0.15) is 0 Å². The quantitative estimate of drug-likeness (QED) is 0.615. The van der Waals surface area contributed by atoms with Crippen molar-refractivity contribution in [3.8, 4) is 0 Å². The van der Waals surface area contributed by atoms with Crippen LogP contribution in [0.4, 0.5) is 0 Å². The van der Waals surface area contributed by atoms with Gasteiger partial charge in [-0.1, -0.05) is 20.8 Å². The molecule has 1 atom stereocenters. The van der Waals surface area contributed by atoms with Gasteiger partial charge < -0.3 is 15.5 Å². The zero-order chi connectivity index (χ0) is 12.7. The van der Waals surface area contributed by atoms with E-state index in [4.69, 9.17) is 0 Å². The molecular weight excluding hydrogens is 214 g/mol. The molecule has 17 heavy (non-hydrogen) atoms. The lowest BCUT2D eigenvalue weighted by Gasteiger charge is -2.31. The van der Waals surface area contributed by atoms with Crippen LogP contribution in [0.3, 0.4) is 0 Å². The van der Waals surface area contributed by atoms with Gasteiger partial charge in [0.2, 0.25) is 5.91 Å². The summed E-state index contributed by atoms with van der Waals surface area (Å²) in [6, 6.07) is 0. The number of carbonyl (C=O) groups excluding carboxylic acids is 1. The van der Waals surface area contributed by atoms with Crippen LogP contribution in [-0.2, 0) is 4.79 Å². The normalized spacial score (nSPS) is 17.9. The molecule has 0 aromatic heterocycles. The molecule has 4 nitrogen and oxygen atoms in total. The van der Waals surface area contributed by atoms with E-state index in [9.17, 15) is 4.79 Å². The van der Waals surface area contributed by atoms with Gasteiger partial charge in [-0.25, -0.2) is 0 Å². The Bertz CT molecular complexity index is 225. The number of nitrogens with one attached hydrogen (secondary N) is 2. The lowest BCUT2D eigenvalue weighted by molar-refractivity contribution is -0.126. The summed E-state index contributed by atoms with van der Waals surface area (Å²) in [4.78, 5) is 14.2. The number of nitrogens with zero attached hydrogens (tertiary/aromatic N) is 1. The van der Waals surface area contributed by atoms with Gasteiger partial charge in [0.15, 0.2) is 0 Å². The molecule has 0 aliphatic carbocycles. The minimum Gasteiger partial charge on any atom is -0.356 e. The van der Waals surface area contributed by atoms with Gasteiger partial charge in [-0.15, -0.1) is 0 Å².